The van der Waals surface area contributed by atoms with Crippen LogP contribution in [0.4, 0.5) is 0 Å². The molecule has 2 aliphatic heterocycles. The Hall–Kier alpha value is -2.56. The van der Waals surface area contributed by atoms with Gasteiger partial charge in [-0.3, -0.25) is 23.4 Å². The lowest BCUT2D eigenvalue weighted by Gasteiger charge is -2.49. The van der Waals surface area contributed by atoms with Crippen LogP contribution < -0.4 is 0 Å². The summed E-state index contributed by atoms with van der Waals surface area (Å²) in [5.74, 6) is -1.99. The van der Waals surface area contributed by atoms with E-state index in [9.17, 15) is 74.9 Å². The van der Waals surface area contributed by atoms with E-state index in [4.69, 9.17) is 42.2 Å². The van der Waals surface area contributed by atoms with Crippen LogP contribution in [0, 0.1) is 0 Å². The Morgan fingerprint density at radius 3 is 1.07 bits per heavy atom. The van der Waals surface area contributed by atoms with Crippen LogP contribution in [0.2, 0.25) is 0 Å². The Bertz CT molecular complexity index is 2190. The summed E-state index contributed by atoms with van der Waals surface area (Å²) in [5.41, 5.74) is 0. The molecule has 3 rings (SSSR count). The van der Waals surface area contributed by atoms with Crippen LogP contribution in [0.15, 0.2) is 24.3 Å². The van der Waals surface area contributed by atoms with Crippen molar-refractivity contribution in [2.75, 3.05) is 26.4 Å². The molecule has 0 bridgehead atoms. The second-order valence-electron chi connectivity index (χ2n) is 28.8. The molecule has 0 aromatic rings. The fourth-order valence-corrected chi connectivity index (χ4v) is 14.1. The summed E-state index contributed by atoms with van der Waals surface area (Å²) >= 11 is 0. The quantitative estimate of drug-likeness (QED) is 0.00886. The molecule has 3 aliphatic rings. The number of aliphatic hydroxyl groups is 10. The molecule has 25 heteroatoms. The van der Waals surface area contributed by atoms with E-state index in [0.717, 1.165) is 135 Å². The van der Waals surface area contributed by atoms with Crippen molar-refractivity contribution in [3.05, 3.63) is 24.3 Å². The maximum Gasteiger partial charge on any atom is 0.472 e. The Morgan fingerprint density at radius 2 is 0.686 bits per heavy atom. The number of rotatable bonds is 63. The lowest BCUT2D eigenvalue weighted by Crippen LogP contribution is -2.69. The van der Waals surface area contributed by atoms with Gasteiger partial charge in [-0.2, -0.15) is 0 Å². The van der Waals surface area contributed by atoms with Gasteiger partial charge in [0.05, 0.1) is 13.2 Å². The van der Waals surface area contributed by atoms with E-state index in [1.807, 2.05) is 0 Å². The SMILES string of the molecule is CCCCCC/C=C\CCCCCCCCCC(=O)OCC(COP(=O)(O)OC1C(OC2OC(CO)C(O)C(O)C2O)C(O)C(O)C(O)C1OC1OC(COC(=O)CCCCCCCCC/C=C\CCCCCC)C(O)C(O)C1O)OC(=O)CCCCCCCCCCCCCCCCCCC. The lowest BCUT2D eigenvalue weighted by molar-refractivity contribution is -0.360. The van der Waals surface area contributed by atoms with Crippen LogP contribution in [-0.2, 0) is 61.2 Å². The van der Waals surface area contributed by atoms with Crippen LogP contribution in [0.25, 0.3) is 0 Å². The second kappa shape index (κ2) is 58.5. The average molecular weight is 1480 g/mol. The number of carbonyl (C=O) groups is 3. The highest BCUT2D eigenvalue weighted by atomic mass is 31.2. The number of ether oxygens (including phenoxy) is 7. The van der Waals surface area contributed by atoms with E-state index >= 15 is 0 Å². The van der Waals surface area contributed by atoms with Gasteiger partial charge in [0.1, 0.15) is 98.7 Å². The minimum atomic E-state index is -5.70. The number of unbranched alkanes of at least 4 members (excludes halogenated alkanes) is 38. The summed E-state index contributed by atoms with van der Waals surface area (Å²) in [5, 5.41) is 110. The maximum atomic E-state index is 14.4. The van der Waals surface area contributed by atoms with E-state index in [-0.39, 0.29) is 19.3 Å². The molecule has 1 aliphatic carbocycles. The number of hydrogen-bond donors (Lipinski definition) is 11. The molecular formula is C77H141O24P. The summed E-state index contributed by atoms with van der Waals surface area (Å²) in [4.78, 5) is 51.1. The fourth-order valence-electron chi connectivity index (χ4n) is 13.2. The van der Waals surface area contributed by atoms with Gasteiger partial charge in [-0.1, -0.05) is 251 Å². The third-order valence-corrected chi connectivity index (χ3v) is 20.7. The molecule has 0 radical (unpaired) electrons. The number of carbonyl (C=O) groups excluding carboxylic acids is 3. The van der Waals surface area contributed by atoms with Crippen molar-refractivity contribution in [2.45, 2.75) is 420 Å². The van der Waals surface area contributed by atoms with Gasteiger partial charge >= 0.3 is 25.7 Å². The van der Waals surface area contributed by atoms with E-state index in [2.05, 4.69) is 45.1 Å². The number of esters is 3. The van der Waals surface area contributed by atoms with Gasteiger partial charge in [-0.25, -0.2) is 4.57 Å². The van der Waals surface area contributed by atoms with E-state index in [1.165, 1.54) is 122 Å². The molecule has 18 atom stereocenters. The maximum absolute atomic E-state index is 14.4. The first kappa shape index (κ1) is 93.6. The molecule has 3 fully saturated rings. The van der Waals surface area contributed by atoms with E-state index in [1.54, 1.807) is 0 Å². The van der Waals surface area contributed by atoms with Gasteiger partial charge in [0, 0.05) is 19.3 Å². The normalized spacial score (nSPS) is 27.1. The van der Waals surface area contributed by atoms with Gasteiger partial charge in [0.25, 0.3) is 0 Å². The second-order valence-corrected chi connectivity index (χ2v) is 30.2. The van der Waals surface area contributed by atoms with Crippen molar-refractivity contribution in [1.82, 2.24) is 0 Å². The van der Waals surface area contributed by atoms with Gasteiger partial charge in [0.2, 0.25) is 0 Å². The molecule has 0 aromatic heterocycles. The Kier molecular flexibility index (Phi) is 53.7. The Morgan fingerprint density at radius 1 is 0.373 bits per heavy atom. The van der Waals surface area contributed by atoms with Crippen LogP contribution in [0.5, 0.6) is 0 Å². The first-order valence-electron chi connectivity index (χ1n) is 40.1. The smallest absolute Gasteiger partial charge is 0.463 e. The molecule has 2 saturated heterocycles. The van der Waals surface area contributed by atoms with Gasteiger partial charge in [0.15, 0.2) is 18.7 Å². The topological polar surface area (TPSA) is 374 Å². The zero-order chi connectivity index (χ0) is 74.6. The summed E-state index contributed by atoms with van der Waals surface area (Å²) in [6, 6.07) is 0. The highest BCUT2D eigenvalue weighted by molar-refractivity contribution is 7.47. The molecule has 0 spiro atoms. The van der Waals surface area contributed by atoms with Crippen molar-refractivity contribution >= 4 is 25.7 Å². The molecule has 102 heavy (non-hydrogen) atoms. The molecular weight excluding hydrogens is 1340 g/mol. The first-order chi connectivity index (χ1) is 49.3. The third kappa shape index (κ3) is 40.6. The standard InChI is InChI=1S/C77H141O24P/c1-4-7-10-13-16-19-22-25-28-29-32-35-38-41-44-47-50-53-63(81)96-58(55-93-61(79)51-48-45-42-39-36-33-30-26-23-20-17-14-11-8-5-2)56-95-102(91,92)101-75-73(99-76-71(89)66(84)64(82)59(54-78)97-76)69(87)68(86)70(88)74(75)100-77-72(90)67(85)65(83)60(98-77)57-94-62(80)52-49-46-43-40-37-34-31-27-24-21-18-15-12-9-6-3/h20-21,23-24,58-60,64-78,82-90H,4-19,22,25-57H2,1-3H3,(H,91,92)/b23-20-,24-21-. The number of phosphoric acid groups is 1. The molecule has 2 heterocycles. The van der Waals surface area contributed by atoms with Crippen molar-refractivity contribution in [1.29, 1.82) is 0 Å². The molecule has 598 valence electrons. The summed E-state index contributed by atoms with van der Waals surface area (Å²) in [7, 11) is -5.70. The number of phosphoric ester groups is 1. The zero-order valence-electron chi connectivity index (χ0n) is 62.7. The van der Waals surface area contributed by atoms with Crippen molar-refractivity contribution in [2.24, 2.45) is 0 Å². The van der Waals surface area contributed by atoms with Gasteiger partial charge in [-0.05, 0) is 70.6 Å². The van der Waals surface area contributed by atoms with Crippen LogP contribution in [0.1, 0.15) is 316 Å². The monoisotopic (exact) mass is 1480 g/mol. The Labute approximate surface area is 611 Å². The molecule has 0 amide bonds. The Balaban J connectivity index is 1.71. The highest BCUT2D eigenvalue weighted by Gasteiger charge is 2.58. The largest absolute Gasteiger partial charge is 0.472 e. The first-order valence-corrected chi connectivity index (χ1v) is 41.6. The predicted molar refractivity (Wildman–Crippen MR) is 388 cm³/mol. The number of hydrogen-bond acceptors (Lipinski definition) is 23. The predicted octanol–water partition coefficient (Wildman–Crippen LogP) is 12.1. The minimum Gasteiger partial charge on any atom is -0.463 e. The molecule has 0 aromatic carbocycles. The van der Waals surface area contributed by atoms with Gasteiger partial charge < -0.3 is 89.1 Å². The van der Waals surface area contributed by atoms with Crippen LogP contribution in [-0.4, -0.2) is 204 Å². The summed E-state index contributed by atoms with van der Waals surface area (Å²) in [6.07, 6.45) is 20.7. The summed E-state index contributed by atoms with van der Waals surface area (Å²) < 4.78 is 65.2. The van der Waals surface area contributed by atoms with Crippen molar-refractivity contribution in [3.8, 4) is 0 Å². The fraction of sp³-hybridized carbons (Fsp3) is 0.909. The average Bonchev–Trinajstić information content (AvgIpc) is 0.762. The molecule has 11 N–H and O–H groups in total. The summed E-state index contributed by atoms with van der Waals surface area (Å²) in [6.45, 7) is 3.45. The van der Waals surface area contributed by atoms with Crippen molar-refractivity contribution in [3.63, 3.8) is 0 Å². The highest BCUT2D eigenvalue weighted by Crippen LogP contribution is 2.49. The minimum absolute atomic E-state index is 0.0237. The van der Waals surface area contributed by atoms with E-state index < -0.39 is 156 Å². The molecule has 1 saturated carbocycles. The van der Waals surface area contributed by atoms with Crippen LogP contribution >= 0.6 is 7.82 Å². The molecule has 18 unspecified atom stereocenters. The third-order valence-electron chi connectivity index (χ3n) is 19.7. The lowest BCUT2D eigenvalue weighted by atomic mass is 9.84. The number of aliphatic hydroxyl groups excluding tert-OH is 10. The molecule has 24 nitrogen and oxygen atoms in total. The zero-order valence-corrected chi connectivity index (χ0v) is 63.5. The van der Waals surface area contributed by atoms with Crippen LogP contribution in [0.3, 0.4) is 0 Å². The van der Waals surface area contributed by atoms with E-state index in [0.29, 0.717) is 19.3 Å². The van der Waals surface area contributed by atoms with Crippen molar-refractivity contribution < 1.29 is 117 Å². The number of allylic oxidation sites excluding steroid dienone is 4. The van der Waals surface area contributed by atoms with Gasteiger partial charge in [-0.15, -0.1) is 0 Å².